The third kappa shape index (κ3) is 4.09. The van der Waals surface area contributed by atoms with Gasteiger partial charge in [-0.15, -0.1) is 0 Å². The largest absolute Gasteiger partial charge is 0.325 e. The molecule has 0 fully saturated rings. The van der Waals surface area contributed by atoms with Gasteiger partial charge in [0.15, 0.2) is 0 Å². The van der Waals surface area contributed by atoms with Crippen LogP contribution in [0.4, 0.5) is 11.4 Å². The van der Waals surface area contributed by atoms with Crippen LogP contribution in [0.5, 0.6) is 0 Å². The Kier molecular flexibility index (Phi) is 5.17. The highest BCUT2D eigenvalue weighted by Crippen LogP contribution is 2.21. The van der Waals surface area contributed by atoms with Gasteiger partial charge in [0, 0.05) is 5.69 Å². The lowest BCUT2D eigenvalue weighted by molar-refractivity contribution is -0.123. The maximum Gasteiger partial charge on any atom is 0.233 e. The van der Waals surface area contributed by atoms with Gasteiger partial charge in [-0.3, -0.25) is 9.59 Å². The third-order valence-electron chi connectivity index (χ3n) is 3.21. The molecule has 0 radical (unpaired) electrons. The highest BCUT2D eigenvalue weighted by Gasteiger charge is 2.13. The van der Waals surface area contributed by atoms with E-state index in [-0.39, 0.29) is 12.3 Å². The molecule has 4 nitrogen and oxygen atoms in total. The molecule has 0 atom stereocenters. The minimum atomic E-state index is -0.406. The second-order valence-electron chi connectivity index (χ2n) is 5.02. The van der Waals surface area contributed by atoms with Crippen molar-refractivity contribution in [1.82, 2.24) is 0 Å². The molecule has 0 unspecified atom stereocenters. The molecule has 0 aliphatic carbocycles. The number of anilines is 2. The first-order valence-corrected chi connectivity index (χ1v) is 7.25. The fourth-order valence-corrected chi connectivity index (χ4v) is 2.28. The zero-order valence-corrected chi connectivity index (χ0v) is 13.2. The van der Waals surface area contributed by atoms with E-state index in [0.29, 0.717) is 10.7 Å². The van der Waals surface area contributed by atoms with Gasteiger partial charge in [-0.2, -0.15) is 0 Å². The molecule has 2 aromatic carbocycles. The lowest BCUT2D eigenvalue weighted by Crippen LogP contribution is -2.22. The molecule has 2 rings (SSSR count). The molecular formula is C17H17ClN2O2. The van der Waals surface area contributed by atoms with Gasteiger partial charge in [-0.25, -0.2) is 0 Å². The van der Waals surface area contributed by atoms with Gasteiger partial charge in [-0.05, 0) is 37.1 Å². The molecular weight excluding hydrogens is 300 g/mol. The van der Waals surface area contributed by atoms with Crippen molar-refractivity contribution < 1.29 is 9.59 Å². The summed E-state index contributed by atoms with van der Waals surface area (Å²) in [5.41, 5.74) is 3.16. The quantitative estimate of drug-likeness (QED) is 0.840. The van der Waals surface area contributed by atoms with Crippen molar-refractivity contribution in [3.8, 4) is 0 Å². The van der Waals surface area contributed by atoms with E-state index in [1.165, 1.54) is 0 Å². The van der Waals surface area contributed by atoms with Gasteiger partial charge in [-0.1, -0.05) is 41.9 Å². The fraction of sp³-hybridized carbons (Fsp3) is 0.176. The summed E-state index contributed by atoms with van der Waals surface area (Å²) in [5, 5.41) is 5.84. The van der Waals surface area contributed by atoms with Crippen LogP contribution in [-0.2, 0) is 9.59 Å². The molecule has 0 heterocycles. The lowest BCUT2D eigenvalue weighted by Gasteiger charge is -2.11. The predicted molar refractivity (Wildman–Crippen MR) is 89.2 cm³/mol. The summed E-state index contributed by atoms with van der Waals surface area (Å²) < 4.78 is 0. The average Bonchev–Trinajstić information content (AvgIpc) is 2.45. The second-order valence-corrected chi connectivity index (χ2v) is 5.43. The topological polar surface area (TPSA) is 58.2 Å². The second kappa shape index (κ2) is 7.09. The molecule has 0 aromatic heterocycles. The van der Waals surface area contributed by atoms with Gasteiger partial charge in [0.2, 0.25) is 11.8 Å². The monoisotopic (exact) mass is 316 g/mol. The summed E-state index contributed by atoms with van der Waals surface area (Å²) >= 11 is 5.96. The first kappa shape index (κ1) is 16.0. The molecule has 2 N–H and O–H groups in total. The number of carbonyl (C=O) groups excluding carboxylic acids is 2. The number of para-hydroxylation sites is 2. The Hall–Kier alpha value is -2.33. The average molecular weight is 317 g/mol. The molecule has 0 saturated heterocycles. The molecule has 0 bridgehead atoms. The van der Waals surface area contributed by atoms with E-state index < -0.39 is 5.91 Å². The van der Waals surface area contributed by atoms with Crippen LogP contribution in [0.15, 0.2) is 42.5 Å². The molecule has 0 spiro atoms. The molecule has 0 aliphatic heterocycles. The van der Waals surface area contributed by atoms with Crippen molar-refractivity contribution in [2.24, 2.45) is 0 Å². The number of amides is 2. The molecule has 2 amide bonds. The van der Waals surface area contributed by atoms with Gasteiger partial charge in [0.25, 0.3) is 0 Å². The molecule has 2 aromatic rings. The summed E-state index contributed by atoms with van der Waals surface area (Å²) in [6, 6.07) is 12.6. The van der Waals surface area contributed by atoms with Gasteiger partial charge in [0.1, 0.15) is 6.42 Å². The zero-order chi connectivity index (χ0) is 16.1. The van der Waals surface area contributed by atoms with E-state index in [1.54, 1.807) is 24.3 Å². The molecule has 0 aliphatic rings. The highest BCUT2D eigenvalue weighted by atomic mass is 35.5. The summed E-state index contributed by atoms with van der Waals surface area (Å²) in [4.78, 5) is 23.9. The van der Waals surface area contributed by atoms with Crippen LogP contribution in [0.1, 0.15) is 17.5 Å². The van der Waals surface area contributed by atoms with Crippen molar-refractivity contribution in [3.05, 3.63) is 58.6 Å². The third-order valence-corrected chi connectivity index (χ3v) is 3.54. The molecule has 114 valence electrons. The maximum atomic E-state index is 12.0. The van der Waals surface area contributed by atoms with Gasteiger partial charge < -0.3 is 10.6 Å². The van der Waals surface area contributed by atoms with Crippen LogP contribution in [0.2, 0.25) is 5.02 Å². The number of carbonyl (C=O) groups is 2. The van der Waals surface area contributed by atoms with Crippen molar-refractivity contribution in [2.75, 3.05) is 10.6 Å². The Bertz CT molecular complexity index is 693. The van der Waals surface area contributed by atoms with E-state index in [4.69, 9.17) is 11.6 Å². The fourth-order valence-electron chi connectivity index (χ4n) is 2.10. The summed E-state index contributed by atoms with van der Waals surface area (Å²) in [5.74, 6) is -0.765. The van der Waals surface area contributed by atoms with Gasteiger partial charge in [0.05, 0.1) is 10.7 Å². The Morgan fingerprint density at radius 1 is 0.909 bits per heavy atom. The number of benzene rings is 2. The summed E-state index contributed by atoms with van der Waals surface area (Å²) in [7, 11) is 0. The number of halogens is 1. The minimum absolute atomic E-state index is 0.265. The first-order valence-electron chi connectivity index (χ1n) is 6.88. The van der Waals surface area contributed by atoms with Crippen molar-refractivity contribution in [3.63, 3.8) is 0 Å². The van der Waals surface area contributed by atoms with E-state index >= 15 is 0 Å². The minimum Gasteiger partial charge on any atom is -0.325 e. The standard InChI is InChI=1S/C17H17ClN2O2/c1-11-6-5-7-12(2)17(11)20-16(22)10-15(21)19-14-9-4-3-8-13(14)18/h3-9H,10H2,1-2H3,(H,19,21)(H,20,22). The number of rotatable bonds is 4. The van der Waals surface area contributed by atoms with Crippen LogP contribution >= 0.6 is 11.6 Å². The predicted octanol–water partition coefficient (Wildman–Crippen LogP) is 3.92. The van der Waals surface area contributed by atoms with E-state index in [2.05, 4.69) is 10.6 Å². The van der Waals surface area contributed by atoms with Gasteiger partial charge >= 0.3 is 0 Å². The van der Waals surface area contributed by atoms with E-state index in [1.807, 2.05) is 32.0 Å². The normalized spacial score (nSPS) is 10.1. The Labute approximate surface area is 134 Å². The Morgan fingerprint density at radius 2 is 1.50 bits per heavy atom. The lowest BCUT2D eigenvalue weighted by atomic mass is 10.1. The molecule has 22 heavy (non-hydrogen) atoms. The number of nitrogens with one attached hydrogen (secondary N) is 2. The van der Waals surface area contributed by atoms with Crippen molar-refractivity contribution >= 4 is 34.8 Å². The maximum absolute atomic E-state index is 12.0. The van der Waals surface area contributed by atoms with Crippen LogP contribution in [0.3, 0.4) is 0 Å². The first-order chi connectivity index (χ1) is 10.5. The number of hydrogen-bond donors (Lipinski definition) is 2. The Balaban J connectivity index is 1.98. The van der Waals surface area contributed by atoms with Crippen LogP contribution in [-0.4, -0.2) is 11.8 Å². The van der Waals surface area contributed by atoms with Crippen LogP contribution in [0.25, 0.3) is 0 Å². The number of aryl methyl sites for hydroxylation is 2. The summed E-state index contributed by atoms with van der Waals surface area (Å²) in [6.45, 7) is 3.82. The van der Waals surface area contributed by atoms with E-state index in [9.17, 15) is 9.59 Å². The van der Waals surface area contributed by atoms with Crippen molar-refractivity contribution in [2.45, 2.75) is 20.3 Å². The van der Waals surface area contributed by atoms with Crippen LogP contribution in [0, 0.1) is 13.8 Å². The smallest absolute Gasteiger partial charge is 0.233 e. The van der Waals surface area contributed by atoms with Crippen LogP contribution < -0.4 is 10.6 Å². The van der Waals surface area contributed by atoms with Crippen molar-refractivity contribution in [1.29, 1.82) is 0 Å². The molecule has 0 saturated carbocycles. The highest BCUT2D eigenvalue weighted by molar-refractivity contribution is 6.33. The molecule has 5 heteroatoms. The Morgan fingerprint density at radius 3 is 2.14 bits per heavy atom. The zero-order valence-electron chi connectivity index (χ0n) is 12.4. The summed E-state index contributed by atoms with van der Waals surface area (Å²) in [6.07, 6.45) is -0.265. The van der Waals surface area contributed by atoms with E-state index in [0.717, 1.165) is 16.8 Å². The number of hydrogen-bond acceptors (Lipinski definition) is 2. The SMILES string of the molecule is Cc1cccc(C)c1NC(=O)CC(=O)Nc1ccccc1Cl.